The van der Waals surface area contributed by atoms with E-state index in [4.69, 9.17) is 11.6 Å². The first-order valence-electron chi connectivity index (χ1n) is 8.55. The van der Waals surface area contributed by atoms with Crippen molar-refractivity contribution in [2.24, 2.45) is 0 Å². The van der Waals surface area contributed by atoms with Crippen molar-refractivity contribution in [2.45, 2.75) is 71.3 Å². The van der Waals surface area contributed by atoms with Gasteiger partial charge in [0, 0.05) is 10.9 Å². The van der Waals surface area contributed by atoms with Gasteiger partial charge in [-0.1, -0.05) is 33.1 Å². The monoisotopic (exact) mass is 337 g/mol. The molecule has 3 nitrogen and oxygen atoms in total. The molecule has 1 saturated carbocycles. The van der Waals surface area contributed by atoms with E-state index in [1.807, 2.05) is 13.8 Å². The van der Waals surface area contributed by atoms with Crippen molar-refractivity contribution < 1.29 is 0 Å². The standard InChI is InChI=1S/C15H18ClN3S.C2H6/c16-15-18-13(17-9-5-2-1-3-6-9)12-10-7-4-8-11(10)20-14(12)19-15;1-2/h9H,1-8H2,(H,17,18,19);1-2H3. The van der Waals surface area contributed by atoms with Crippen molar-refractivity contribution in [3.8, 4) is 0 Å². The molecule has 2 heterocycles. The second kappa shape index (κ2) is 7.14. The van der Waals surface area contributed by atoms with Gasteiger partial charge in [0.15, 0.2) is 0 Å². The lowest BCUT2D eigenvalue weighted by Gasteiger charge is -2.23. The molecule has 0 spiro atoms. The number of aromatic nitrogens is 2. The van der Waals surface area contributed by atoms with Crippen LogP contribution in [0.4, 0.5) is 5.82 Å². The zero-order valence-electron chi connectivity index (χ0n) is 13.4. The quantitative estimate of drug-likeness (QED) is 0.724. The number of halogens is 1. The van der Waals surface area contributed by atoms with Crippen molar-refractivity contribution in [3.63, 3.8) is 0 Å². The summed E-state index contributed by atoms with van der Waals surface area (Å²) in [7, 11) is 0. The number of rotatable bonds is 2. The minimum Gasteiger partial charge on any atom is -0.367 e. The van der Waals surface area contributed by atoms with Crippen LogP contribution in [0, 0.1) is 0 Å². The molecule has 2 aliphatic carbocycles. The van der Waals surface area contributed by atoms with Gasteiger partial charge >= 0.3 is 0 Å². The van der Waals surface area contributed by atoms with Crippen LogP contribution < -0.4 is 5.32 Å². The summed E-state index contributed by atoms with van der Waals surface area (Å²) in [5.74, 6) is 0.978. The number of nitrogens with zero attached hydrogens (tertiary/aromatic N) is 2. The summed E-state index contributed by atoms with van der Waals surface area (Å²) in [6, 6.07) is 0.551. The molecule has 4 rings (SSSR count). The van der Waals surface area contributed by atoms with Crippen LogP contribution in [0.1, 0.15) is 62.8 Å². The van der Waals surface area contributed by atoms with Gasteiger partial charge in [-0.15, -0.1) is 11.3 Å². The van der Waals surface area contributed by atoms with E-state index in [0.717, 1.165) is 10.6 Å². The van der Waals surface area contributed by atoms with Gasteiger partial charge in [-0.3, -0.25) is 0 Å². The van der Waals surface area contributed by atoms with E-state index in [0.29, 0.717) is 11.3 Å². The minimum atomic E-state index is 0.371. The Labute approximate surface area is 141 Å². The largest absolute Gasteiger partial charge is 0.367 e. The zero-order valence-corrected chi connectivity index (χ0v) is 15.0. The molecule has 0 bridgehead atoms. The van der Waals surface area contributed by atoms with Crippen molar-refractivity contribution in [3.05, 3.63) is 15.7 Å². The lowest BCUT2D eigenvalue weighted by molar-refractivity contribution is 0.462. The lowest BCUT2D eigenvalue weighted by Crippen LogP contribution is -2.23. The molecule has 2 aliphatic rings. The Morgan fingerprint density at radius 3 is 2.59 bits per heavy atom. The number of anilines is 1. The Morgan fingerprint density at radius 1 is 1.05 bits per heavy atom. The maximum atomic E-state index is 6.11. The molecule has 0 aliphatic heterocycles. The van der Waals surface area contributed by atoms with Crippen LogP contribution >= 0.6 is 22.9 Å². The fraction of sp³-hybridized carbons (Fsp3) is 0.647. The Balaban J connectivity index is 0.000000693. The summed E-state index contributed by atoms with van der Waals surface area (Å²) in [5.41, 5.74) is 1.47. The third-order valence-electron chi connectivity index (χ3n) is 4.48. The van der Waals surface area contributed by atoms with Gasteiger partial charge in [0.05, 0.1) is 5.39 Å². The van der Waals surface area contributed by atoms with E-state index < -0.39 is 0 Å². The maximum Gasteiger partial charge on any atom is 0.225 e. The Morgan fingerprint density at radius 2 is 1.82 bits per heavy atom. The highest BCUT2D eigenvalue weighted by molar-refractivity contribution is 7.19. The normalized spacial score (nSPS) is 18.0. The summed E-state index contributed by atoms with van der Waals surface area (Å²) in [6.07, 6.45) is 10.1. The molecule has 0 saturated heterocycles. The van der Waals surface area contributed by atoms with E-state index in [1.165, 1.54) is 67.2 Å². The van der Waals surface area contributed by atoms with Gasteiger partial charge in [0.1, 0.15) is 10.6 Å². The number of fused-ring (bicyclic) bond motifs is 3. The SMILES string of the molecule is CC.Clc1nc(NC2CCCCC2)c2c3c(sc2n1)CCC3. The third-order valence-corrected chi connectivity index (χ3v) is 5.84. The first kappa shape index (κ1) is 16.0. The van der Waals surface area contributed by atoms with E-state index in [1.54, 1.807) is 11.3 Å². The fourth-order valence-electron chi connectivity index (χ4n) is 3.51. The Bertz CT molecular complexity index is 647. The van der Waals surface area contributed by atoms with Gasteiger partial charge < -0.3 is 5.32 Å². The summed E-state index contributed by atoms with van der Waals surface area (Å²) in [4.78, 5) is 11.5. The highest BCUT2D eigenvalue weighted by Gasteiger charge is 2.23. The first-order valence-corrected chi connectivity index (χ1v) is 9.75. The predicted octanol–water partition coefficient (Wildman–Crippen LogP) is 5.60. The van der Waals surface area contributed by atoms with E-state index in [-0.39, 0.29) is 0 Å². The van der Waals surface area contributed by atoms with Crippen LogP contribution in [-0.2, 0) is 12.8 Å². The smallest absolute Gasteiger partial charge is 0.225 e. The van der Waals surface area contributed by atoms with E-state index >= 15 is 0 Å². The van der Waals surface area contributed by atoms with Crippen LogP contribution in [0.3, 0.4) is 0 Å². The second-order valence-corrected chi connectivity index (χ2v) is 7.28. The molecule has 0 amide bonds. The lowest BCUT2D eigenvalue weighted by atomic mass is 9.95. The van der Waals surface area contributed by atoms with Gasteiger partial charge in [0.2, 0.25) is 5.28 Å². The Kier molecular flexibility index (Phi) is 5.19. The molecule has 0 atom stereocenters. The minimum absolute atomic E-state index is 0.371. The van der Waals surface area contributed by atoms with Crippen LogP contribution in [0.5, 0.6) is 0 Å². The Hall–Kier alpha value is -0.870. The number of hydrogen-bond donors (Lipinski definition) is 1. The van der Waals surface area contributed by atoms with Crippen molar-refractivity contribution in [2.75, 3.05) is 5.32 Å². The average Bonchev–Trinajstić information content (AvgIpc) is 3.10. The molecular weight excluding hydrogens is 314 g/mol. The highest BCUT2D eigenvalue weighted by atomic mass is 35.5. The number of aryl methyl sites for hydroxylation is 2. The molecule has 22 heavy (non-hydrogen) atoms. The second-order valence-electron chi connectivity index (χ2n) is 5.86. The summed E-state index contributed by atoms with van der Waals surface area (Å²) < 4.78 is 0. The molecule has 2 aromatic heterocycles. The van der Waals surface area contributed by atoms with E-state index in [9.17, 15) is 0 Å². The summed E-state index contributed by atoms with van der Waals surface area (Å²) in [5, 5.41) is 5.27. The van der Waals surface area contributed by atoms with Crippen molar-refractivity contribution >= 4 is 39.0 Å². The number of nitrogens with one attached hydrogen (secondary N) is 1. The van der Waals surface area contributed by atoms with Crippen molar-refractivity contribution in [1.29, 1.82) is 0 Å². The molecule has 2 aromatic rings. The molecule has 0 aromatic carbocycles. The first-order chi connectivity index (χ1) is 10.8. The van der Waals surface area contributed by atoms with Crippen LogP contribution in [-0.4, -0.2) is 16.0 Å². The highest BCUT2D eigenvalue weighted by Crippen LogP contribution is 2.40. The number of thiophene rings is 1. The molecular formula is C17H24ClN3S. The predicted molar refractivity (Wildman–Crippen MR) is 96.3 cm³/mol. The van der Waals surface area contributed by atoms with E-state index in [2.05, 4.69) is 15.3 Å². The van der Waals surface area contributed by atoms with Crippen LogP contribution in [0.2, 0.25) is 5.28 Å². The zero-order chi connectivity index (χ0) is 15.5. The maximum absolute atomic E-state index is 6.11. The average molecular weight is 338 g/mol. The molecule has 0 unspecified atom stereocenters. The van der Waals surface area contributed by atoms with Crippen LogP contribution in [0.25, 0.3) is 10.2 Å². The summed E-state index contributed by atoms with van der Waals surface area (Å²) >= 11 is 7.91. The molecule has 5 heteroatoms. The molecule has 0 radical (unpaired) electrons. The van der Waals surface area contributed by atoms with Crippen molar-refractivity contribution in [1.82, 2.24) is 9.97 Å². The van der Waals surface area contributed by atoms with Gasteiger partial charge in [-0.25, -0.2) is 9.97 Å². The topological polar surface area (TPSA) is 37.8 Å². The van der Waals surface area contributed by atoms with Gasteiger partial charge in [-0.2, -0.15) is 0 Å². The van der Waals surface area contributed by atoms with Gasteiger partial charge in [-0.05, 0) is 49.3 Å². The molecule has 1 fully saturated rings. The number of hydrogen-bond acceptors (Lipinski definition) is 4. The fourth-order valence-corrected chi connectivity index (χ4v) is 4.99. The third kappa shape index (κ3) is 3.09. The molecule has 1 N–H and O–H groups in total. The van der Waals surface area contributed by atoms with Gasteiger partial charge in [0.25, 0.3) is 0 Å². The summed E-state index contributed by atoms with van der Waals surface area (Å²) in [6.45, 7) is 4.00. The molecule has 120 valence electrons. The van der Waals surface area contributed by atoms with Crippen LogP contribution in [0.15, 0.2) is 0 Å².